The van der Waals surface area contributed by atoms with Crippen molar-refractivity contribution in [1.29, 1.82) is 0 Å². The van der Waals surface area contributed by atoms with E-state index in [1.807, 2.05) is 12.1 Å². The van der Waals surface area contributed by atoms with Crippen LogP contribution in [0.5, 0.6) is 0 Å². The number of nitrogens with zero attached hydrogens (tertiary/aromatic N) is 4. The molecule has 0 aliphatic heterocycles. The van der Waals surface area contributed by atoms with Crippen molar-refractivity contribution < 1.29 is 0 Å². The van der Waals surface area contributed by atoms with Crippen LogP contribution in [0.15, 0.2) is 279 Å². The van der Waals surface area contributed by atoms with Gasteiger partial charge in [-0.25, -0.2) is 9.97 Å². The van der Waals surface area contributed by atoms with Crippen LogP contribution < -0.4 is 0 Å². The Morgan fingerprint density at radius 1 is 0.230 bits per heavy atom. The Hall–Kier alpha value is -9.90. The fourth-order valence-corrected chi connectivity index (χ4v) is 11.0. The van der Waals surface area contributed by atoms with Crippen molar-refractivity contribution in [3.05, 3.63) is 279 Å². The molecule has 0 aliphatic carbocycles. The highest BCUT2D eigenvalue weighted by Gasteiger charge is 2.24. The van der Waals surface area contributed by atoms with Gasteiger partial charge < -0.3 is 4.57 Å². The van der Waals surface area contributed by atoms with E-state index in [9.17, 15) is 0 Å². The zero-order chi connectivity index (χ0) is 49.0. The summed E-state index contributed by atoms with van der Waals surface area (Å²) in [6.07, 6.45) is 0. The maximum absolute atomic E-state index is 5.47. The maximum atomic E-state index is 5.47. The highest BCUT2D eigenvalue weighted by Crippen LogP contribution is 2.45. The van der Waals surface area contributed by atoms with Gasteiger partial charge in [-0.1, -0.05) is 212 Å². The van der Waals surface area contributed by atoms with E-state index in [-0.39, 0.29) is 0 Å². The third-order valence-corrected chi connectivity index (χ3v) is 14.5. The molecule has 0 fully saturated rings. The first kappa shape index (κ1) is 42.9. The topological polar surface area (TPSA) is 35.6 Å². The Balaban J connectivity index is 1.06. The van der Waals surface area contributed by atoms with Gasteiger partial charge in [0.25, 0.3) is 0 Å². The van der Waals surface area contributed by atoms with Crippen LogP contribution in [0.2, 0.25) is 0 Å². The lowest BCUT2D eigenvalue weighted by Gasteiger charge is -2.15. The Labute approximate surface area is 429 Å². The molecule has 0 saturated carbocycles. The first-order valence-corrected chi connectivity index (χ1v) is 25.2. The summed E-state index contributed by atoms with van der Waals surface area (Å²) in [6.45, 7) is 0. The summed E-state index contributed by atoms with van der Waals surface area (Å²) in [4.78, 5) is 10.9. The molecular weight excluding hydrogens is 897 g/mol. The van der Waals surface area contributed by atoms with Gasteiger partial charge in [-0.3, -0.25) is 4.57 Å². The molecule has 4 nitrogen and oxygen atoms in total. The Morgan fingerprint density at radius 3 is 0.986 bits per heavy atom. The second-order valence-electron chi connectivity index (χ2n) is 18.9. The molecule has 4 heteroatoms. The zero-order valence-electron chi connectivity index (χ0n) is 40.3. The van der Waals surface area contributed by atoms with Gasteiger partial charge in [0.15, 0.2) is 0 Å². The molecule has 0 aliphatic rings. The first-order valence-electron chi connectivity index (χ1n) is 25.2. The Morgan fingerprint density at radius 2 is 0.568 bits per heavy atom. The number of hydrogen-bond donors (Lipinski definition) is 0. The number of benzene rings is 11. The van der Waals surface area contributed by atoms with Gasteiger partial charge in [0, 0.05) is 49.5 Å². The van der Waals surface area contributed by atoms with Gasteiger partial charge in [0.1, 0.15) is 0 Å². The average molecular weight is 943 g/mol. The van der Waals surface area contributed by atoms with Crippen LogP contribution in [0.3, 0.4) is 0 Å². The third kappa shape index (κ3) is 7.48. The maximum Gasteiger partial charge on any atom is 0.235 e. The number of para-hydroxylation sites is 1. The predicted octanol–water partition coefficient (Wildman–Crippen LogP) is 18.3. The largest absolute Gasteiger partial charge is 0.309 e. The number of aromatic nitrogens is 4. The summed E-state index contributed by atoms with van der Waals surface area (Å²) in [5.41, 5.74) is 20.8. The average Bonchev–Trinajstić information content (AvgIpc) is 4.05. The fourth-order valence-electron chi connectivity index (χ4n) is 11.0. The van der Waals surface area contributed by atoms with Gasteiger partial charge in [-0.2, -0.15) is 0 Å². The van der Waals surface area contributed by atoms with E-state index in [1.54, 1.807) is 0 Å². The van der Waals surface area contributed by atoms with Crippen molar-refractivity contribution in [1.82, 2.24) is 19.1 Å². The Bertz CT molecular complexity index is 4300. The number of fused-ring (bicyclic) bond motifs is 6. The first-order chi connectivity index (χ1) is 36.7. The van der Waals surface area contributed by atoms with E-state index in [0.29, 0.717) is 5.95 Å². The van der Waals surface area contributed by atoms with Gasteiger partial charge in [0.2, 0.25) is 5.95 Å². The van der Waals surface area contributed by atoms with Crippen LogP contribution in [-0.2, 0) is 0 Å². The minimum Gasteiger partial charge on any atom is -0.309 e. The van der Waals surface area contributed by atoms with Gasteiger partial charge in [-0.15, -0.1) is 0 Å². The molecule has 0 radical (unpaired) electrons. The smallest absolute Gasteiger partial charge is 0.235 e. The molecule has 0 saturated heterocycles. The lowest BCUT2D eigenvalue weighted by Crippen LogP contribution is -2.04. The molecule has 346 valence electrons. The number of rotatable bonds is 9. The van der Waals surface area contributed by atoms with E-state index < -0.39 is 0 Å². The molecule has 0 bridgehead atoms. The summed E-state index contributed by atoms with van der Waals surface area (Å²) in [5.74, 6) is 0.612. The van der Waals surface area contributed by atoms with Crippen LogP contribution >= 0.6 is 0 Å². The normalized spacial score (nSPS) is 11.5. The van der Waals surface area contributed by atoms with E-state index >= 15 is 0 Å². The van der Waals surface area contributed by atoms with Crippen LogP contribution in [-0.4, -0.2) is 19.1 Å². The minimum atomic E-state index is 0.612. The molecule has 74 heavy (non-hydrogen) atoms. The third-order valence-electron chi connectivity index (χ3n) is 14.5. The minimum absolute atomic E-state index is 0.612. The predicted molar refractivity (Wildman–Crippen MR) is 309 cm³/mol. The molecule has 0 atom stereocenters. The monoisotopic (exact) mass is 942 g/mol. The molecule has 14 rings (SSSR count). The van der Waals surface area contributed by atoms with Crippen LogP contribution in [0.25, 0.3) is 133 Å². The fraction of sp³-hybridized carbons (Fsp3) is 0. The molecule has 0 spiro atoms. The highest BCUT2D eigenvalue weighted by atomic mass is 15.2. The Kier molecular flexibility index (Phi) is 10.5. The molecule has 0 amide bonds. The second-order valence-corrected chi connectivity index (χ2v) is 18.9. The quantitative estimate of drug-likeness (QED) is 0.145. The van der Waals surface area contributed by atoms with Crippen LogP contribution in [0.1, 0.15) is 0 Å². The van der Waals surface area contributed by atoms with Crippen molar-refractivity contribution in [2.24, 2.45) is 0 Å². The van der Waals surface area contributed by atoms with E-state index in [2.05, 4.69) is 276 Å². The number of hydrogen-bond acceptors (Lipinski definition) is 2. The standard InChI is InChI=1S/C70H46N4/c1-8-22-47(23-9-1)55-42-58(49-26-12-3-13-27-49)68-62(44-55)60-40-53(36-38-66(60)73(68)57-34-20-7-21-35-57)54-37-39-67-61(41-54)63-45-56(48-24-10-2-11-25-48)43-59(50-28-14-4-15-29-50)69(63)74(67)70-71-64(51-30-16-5-17-31-51)46-65(72-70)52-32-18-6-19-33-52/h1-46H. The summed E-state index contributed by atoms with van der Waals surface area (Å²) in [7, 11) is 0. The molecule has 0 N–H and O–H groups in total. The molecule has 3 aromatic heterocycles. The van der Waals surface area contributed by atoms with Gasteiger partial charge in [-0.05, 0) is 111 Å². The van der Waals surface area contributed by atoms with Crippen molar-refractivity contribution >= 4 is 43.6 Å². The molecule has 14 aromatic rings. The SMILES string of the molecule is c1ccc(-c2cc(-c3ccccc3)c3c(c2)c2cc(-c4ccc5c(c4)c4cc(-c6ccccc6)cc(-c6ccccc6)c4n5-c4nc(-c5ccccc5)cc(-c5ccccc5)n4)ccc2n3-c2ccccc2)cc1. The van der Waals surface area contributed by atoms with Gasteiger partial charge >= 0.3 is 0 Å². The molecule has 3 heterocycles. The lowest BCUT2D eigenvalue weighted by molar-refractivity contribution is 0.996. The van der Waals surface area contributed by atoms with Crippen molar-refractivity contribution in [2.45, 2.75) is 0 Å². The van der Waals surface area contributed by atoms with E-state index in [4.69, 9.17) is 9.97 Å². The zero-order valence-corrected chi connectivity index (χ0v) is 40.3. The van der Waals surface area contributed by atoms with Crippen molar-refractivity contribution in [2.75, 3.05) is 0 Å². The molecule has 0 unspecified atom stereocenters. The van der Waals surface area contributed by atoms with Gasteiger partial charge in [0.05, 0.1) is 33.5 Å². The second kappa shape index (κ2) is 18.1. The highest BCUT2D eigenvalue weighted by molar-refractivity contribution is 6.18. The van der Waals surface area contributed by atoms with E-state index in [0.717, 1.165) is 88.9 Å². The summed E-state index contributed by atoms with van der Waals surface area (Å²) in [5, 5.41) is 4.63. The lowest BCUT2D eigenvalue weighted by atomic mass is 9.94. The van der Waals surface area contributed by atoms with E-state index in [1.165, 1.54) is 38.5 Å². The summed E-state index contributed by atoms with van der Waals surface area (Å²) < 4.78 is 4.75. The van der Waals surface area contributed by atoms with Crippen LogP contribution in [0.4, 0.5) is 0 Å². The summed E-state index contributed by atoms with van der Waals surface area (Å²) >= 11 is 0. The van der Waals surface area contributed by atoms with Crippen molar-refractivity contribution in [3.63, 3.8) is 0 Å². The van der Waals surface area contributed by atoms with Crippen molar-refractivity contribution in [3.8, 4) is 89.8 Å². The molecule has 11 aromatic carbocycles. The molecular formula is C70H46N4. The summed E-state index contributed by atoms with van der Waals surface area (Å²) in [6, 6.07) is 100. The van der Waals surface area contributed by atoms with Crippen LogP contribution in [0, 0.1) is 0 Å².